The van der Waals surface area contributed by atoms with E-state index in [4.69, 9.17) is 10.00 Å². The van der Waals surface area contributed by atoms with E-state index in [9.17, 15) is 23.1 Å². The molecule has 0 saturated heterocycles. The summed E-state index contributed by atoms with van der Waals surface area (Å²) in [6, 6.07) is 10.4. The minimum Gasteiger partial charge on any atom is -0.508 e. The van der Waals surface area contributed by atoms with Crippen LogP contribution >= 0.6 is 0 Å². The van der Waals surface area contributed by atoms with Crippen molar-refractivity contribution < 1.29 is 27.8 Å². The van der Waals surface area contributed by atoms with E-state index in [-0.39, 0.29) is 11.5 Å². The van der Waals surface area contributed by atoms with Crippen LogP contribution in [-0.2, 0) is 11.0 Å². The van der Waals surface area contributed by atoms with Crippen molar-refractivity contribution in [3.8, 4) is 17.6 Å². The van der Waals surface area contributed by atoms with Gasteiger partial charge in [-0.3, -0.25) is 4.79 Å². The van der Waals surface area contributed by atoms with Crippen LogP contribution in [0, 0.1) is 11.3 Å². The summed E-state index contributed by atoms with van der Waals surface area (Å²) in [4.78, 5) is 12.6. The van der Waals surface area contributed by atoms with Crippen LogP contribution < -0.4 is 10.1 Å². The molecule has 0 radical (unpaired) electrons. The lowest BCUT2D eigenvalue weighted by atomic mass is 10.1. The van der Waals surface area contributed by atoms with Crippen LogP contribution in [-0.4, -0.2) is 17.1 Å². The van der Waals surface area contributed by atoms with Crippen LogP contribution in [0.25, 0.3) is 0 Å². The molecule has 0 aliphatic heterocycles. The maximum Gasteiger partial charge on any atom is 0.417 e. The van der Waals surface area contributed by atoms with Gasteiger partial charge in [0.2, 0.25) is 0 Å². The van der Waals surface area contributed by atoms with Crippen LogP contribution in [0.3, 0.4) is 0 Å². The third-order valence-electron chi connectivity index (χ3n) is 4.29. The standard InChI is InChI=1S/C21H21F3N2O3/c1-3-4-19(20(28)26-13(2)14-5-8-16(27)9-6-14)29-17-10-7-15(12-25)18(11-17)21(22,23)24/h5-11,13,19,27H,3-4H2,1-2H3,(H,26,28)/t13-,19?/m0/s1. The lowest BCUT2D eigenvalue weighted by molar-refractivity contribution is -0.137. The molecule has 2 rings (SSSR count). The van der Waals surface area contributed by atoms with Gasteiger partial charge in [-0.15, -0.1) is 0 Å². The highest BCUT2D eigenvalue weighted by molar-refractivity contribution is 5.81. The largest absolute Gasteiger partial charge is 0.508 e. The van der Waals surface area contributed by atoms with E-state index in [1.165, 1.54) is 24.3 Å². The summed E-state index contributed by atoms with van der Waals surface area (Å²) < 4.78 is 45.0. The molecule has 1 amide bonds. The molecule has 0 bridgehead atoms. The first-order valence-corrected chi connectivity index (χ1v) is 9.03. The lowest BCUT2D eigenvalue weighted by Gasteiger charge is -2.22. The summed E-state index contributed by atoms with van der Waals surface area (Å²) in [7, 11) is 0. The minimum absolute atomic E-state index is 0.0979. The Balaban J connectivity index is 2.18. The number of nitrogens with one attached hydrogen (secondary N) is 1. The van der Waals surface area contributed by atoms with E-state index in [1.807, 2.05) is 6.92 Å². The number of alkyl halides is 3. The lowest BCUT2D eigenvalue weighted by Crippen LogP contribution is -2.39. The maximum atomic E-state index is 13.1. The van der Waals surface area contributed by atoms with Crippen molar-refractivity contribution in [2.75, 3.05) is 0 Å². The van der Waals surface area contributed by atoms with Gasteiger partial charge in [-0.1, -0.05) is 25.5 Å². The van der Waals surface area contributed by atoms with Gasteiger partial charge in [0.25, 0.3) is 5.91 Å². The molecule has 0 aliphatic rings. The molecular weight excluding hydrogens is 385 g/mol. The molecule has 0 aliphatic carbocycles. The Hall–Kier alpha value is -3.21. The predicted molar refractivity (Wildman–Crippen MR) is 100 cm³/mol. The zero-order valence-corrected chi connectivity index (χ0v) is 16.0. The molecule has 0 fully saturated rings. The Labute approximate surface area is 166 Å². The molecule has 0 aromatic heterocycles. The van der Waals surface area contributed by atoms with E-state index in [0.717, 1.165) is 17.7 Å². The van der Waals surface area contributed by atoms with Crippen molar-refractivity contribution in [3.63, 3.8) is 0 Å². The molecule has 2 aromatic carbocycles. The summed E-state index contributed by atoms with van der Waals surface area (Å²) in [5.41, 5.74) is -0.864. The zero-order chi connectivity index (χ0) is 21.6. The third kappa shape index (κ3) is 5.88. The van der Waals surface area contributed by atoms with Crippen molar-refractivity contribution in [1.82, 2.24) is 5.32 Å². The van der Waals surface area contributed by atoms with E-state index in [0.29, 0.717) is 12.8 Å². The van der Waals surface area contributed by atoms with Crippen LogP contribution in [0.4, 0.5) is 13.2 Å². The van der Waals surface area contributed by atoms with Gasteiger partial charge in [0.1, 0.15) is 11.5 Å². The van der Waals surface area contributed by atoms with E-state index in [2.05, 4.69) is 5.32 Å². The first-order valence-electron chi connectivity index (χ1n) is 9.03. The monoisotopic (exact) mass is 406 g/mol. The number of rotatable bonds is 7. The second kappa shape index (κ2) is 9.32. The van der Waals surface area contributed by atoms with Gasteiger partial charge in [-0.2, -0.15) is 18.4 Å². The fourth-order valence-electron chi connectivity index (χ4n) is 2.75. The number of benzene rings is 2. The van der Waals surface area contributed by atoms with E-state index < -0.39 is 35.4 Å². The van der Waals surface area contributed by atoms with Gasteiger partial charge in [0.15, 0.2) is 6.10 Å². The normalized spacial score (nSPS) is 13.2. The summed E-state index contributed by atoms with van der Waals surface area (Å²) in [5.74, 6) is -0.506. The second-order valence-electron chi connectivity index (χ2n) is 6.53. The average Bonchev–Trinajstić information content (AvgIpc) is 2.67. The molecule has 5 nitrogen and oxygen atoms in total. The first-order chi connectivity index (χ1) is 13.7. The van der Waals surface area contributed by atoms with Gasteiger partial charge < -0.3 is 15.2 Å². The third-order valence-corrected chi connectivity index (χ3v) is 4.29. The van der Waals surface area contributed by atoms with Crippen molar-refractivity contribution in [2.24, 2.45) is 0 Å². The summed E-state index contributed by atoms with van der Waals surface area (Å²) in [6.07, 6.45) is -4.82. The van der Waals surface area contributed by atoms with Gasteiger partial charge in [0.05, 0.1) is 23.2 Å². The molecule has 154 valence electrons. The van der Waals surface area contributed by atoms with Gasteiger partial charge in [-0.05, 0) is 49.2 Å². The highest BCUT2D eigenvalue weighted by atomic mass is 19.4. The van der Waals surface area contributed by atoms with Crippen LogP contribution in [0.15, 0.2) is 42.5 Å². The number of nitrogens with zero attached hydrogens (tertiary/aromatic N) is 1. The number of amides is 1. The number of halogens is 3. The number of nitriles is 1. The number of hydrogen-bond acceptors (Lipinski definition) is 4. The summed E-state index contributed by atoms with van der Waals surface area (Å²) in [6.45, 7) is 3.57. The summed E-state index contributed by atoms with van der Waals surface area (Å²) >= 11 is 0. The number of phenolic OH excluding ortho intramolecular Hbond substituents is 1. The molecule has 2 N–H and O–H groups in total. The minimum atomic E-state index is -4.71. The highest BCUT2D eigenvalue weighted by Gasteiger charge is 2.34. The summed E-state index contributed by atoms with van der Waals surface area (Å²) in [5, 5.41) is 21.0. The van der Waals surface area contributed by atoms with Crippen molar-refractivity contribution >= 4 is 5.91 Å². The fourth-order valence-corrected chi connectivity index (χ4v) is 2.75. The average molecular weight is 406 g/mol. The number of hydrogen-bond donors (Lipinski definition) is 2. The van der Waals surface area contributed by atoms with Crippen molar-refractivity contribution in [3.05, 3.63) is 59.2 Å². The fraction of sp³-hybridized carbons (Fsp3) is 0.333. The first kappa shape index (κ1) is 22.1. The van der Waals surface area contributed by atoms with Crippen LogP contribution in [0.1, 0.15) is 49.4 Å². The number of ether oxygens (including phenoxy) is 1. The Morgan fingerprint density at radius 2 is 1.90 bits per heavy atom. The molecule has 29 heavy (non-hydrogen) atoms. The molecule has 0 heterocycles. The Morgan fingerprint density at radius 3 is 2.45 bits per heavy atom. The van der Waals surface area contributed by atoms with Gasteiger partial charge >= 0.3 is 6.18 Å². The number of carbonyl (C=O) groups excluding carboxylic acids is 1. The van der Waals surface area contributed by atoms with Gasteiger partial charge in [0, 0.05) is 0 Å². The molecule has 1 unspecified atom stereocenters. The molecule has 2 atom stereocenters. The zero-order valence-electron chi connectivity index (χ0n) is 16.0. The Bertz CT molecular complexity index is 890. The van der Waals surface area contributed by atoms with Crippen LogP contribution in [0.5, 0.6) is 11.5 Å². The predicted octanol–water partition coefficient (Wildman–Crippen LogP) is 4.71. The van der Waals surface area contributed by atoms with Crippen molar-refractivity contribution in [2.45, 2.75) is 45.0 Å². The topological polar surface area (TPSA) is 82.3 Å². The molecular formula is C21H21F3N2O3. The van der Waals surface area contributed by atoms with E-state index in [1.54, 1.807) is 19.1 Å². The second-order valence-corrected chi connectivity index (χ2v) is 6.53. The maximum absolute atomic E-state index is 13.1. The smallest absolute Gasteiger partial charge is 0.417 e. The van der Waals surface area contributed by atoms with Crippen molar-refractivity contribution in [1.29, 1.82) is 5.26 Å². The number of carbonyl (C=O) groups is 1. The number of aromatic hydroxyl groups is 1. The molecule has 8 heteroatoms. The Morgan fingerprint density at radius 1 is 1.24 bits per heavy atom. The van der Waals surface area contributed by atoms with Gasteiger partial charge in [-0.25, -0.2) is 0 Å². The van der Waals surface area contributed by atoms with Crippen LogP contribution in [0.2, 0.25) is 0 Å². The molecule has 0 spiro atoms. The Kier molecular flexibility index (Phi) is 7.10. The number of phenols is 1. The quantitative estimate of drug-likeness (QED) is 0.698. The molecule has 0 saturated carbocycles. The molecule has 2 aromatic rings. The highest BCUT2D eigenvalue weighted by Crippen LogP contribution is 2.34. The van der Waals surface area contributed by atoms with E-state index >= 15 is 0 Å². The SMILES string of the molecule is CCCC(Oc1ccc(C#N)c(C(F)(F)F)c1)C(=O)N[C@@H](C)c1ccc(O)cc1.